The van der Waals surface area contributed by atoms with E-state index in [9.17, 15) is 9.18 Å². The first-order chi connectivity index (χ1) is 9.10. The van der Waals surface area contributed by atoms with E-state index in [1.165, 1.54) is 6.07 Å². The highest BCUT2D eigenvalue weighted by atomic mass is 19.1. The maximum Gasteiger partial charge on any atom is 0.339 e. The van der Waals surface area contributed by atoms with Crippen molar-refractivity contribution in [3.63, 3.8) is 0 Å². The van der Waals surface area contributed by atoms with E-state index >= 15 is 0 Å². The van der Waals surface area contributed by atoms with Crippen LogP contribution in [0, 0.1) is 5.82 Å². The van der Waals surface area contributed by atoms with Crippen molar-refractivity contribution in [2.45, 2.75) is 20.0 Å². The summed E-state index contributed by atoms with van der Waals surface area (Å²) in [6.07, 6.45) is 0.601. The summed E-state index contributed by atoms with van der Waals surface area (Å²) in [6, 6.07) is 3.26. The molecule has 19 heavy (non-hydrogen) atoms. The van der Waals surface area contributed by atoms with Crippen LogP contribution in [0.2, 0.25) is 0 Å². The quantitative estimate of drug-likeness (QED) is 0.891. The van der Waals surface area contributed by atoms with Crippen LogP contribution in [0.4, 0.5) is 4.39 Å². The van der Waals surface area contributed by atoms with Crippen molar-refractivity contribution in [2.75, 3.05) is 0 Å². The topological polar surface area (TPSA) is 85.5 Å². The Hall–Kier alpha value is -2.44. The lowest BCUT2D eigenvalue weighted by molar-refractivity contribution is 0.0690. The first kappa shape index (κ1) is 13.0. The molecule has 0 fully saturated rings. The molecule has 0 aliphatic rings. The number of nitrogens with zero attached hydrogens (tertiary/aromatic N) is 2. The van der Waals surface area contributed by atoms with Crippen LogP contribution in [0.5, 0.6) is 5.75 Å². The van der Waals surface area contributed by atoms with Gasteiger partial charge in [0.25, 0.3) is 5.89 Å². The summed E-state index contributed by atoms with van der Waals surface area (Å²) in [6.45, 7) is 1.79. The van der Waals surface area contributed by atoms with Gasteiger partial charge in [0.15, 0.2) is 6.61 Å². The number of benzene rings is 1. The third-order valence-corrected chi connectivity index (χ3v) is 2.33. The Morgan fingerprint density at radius 1 is 1.42 bits per heavy atom. The molecule has 6 nitrogen and oxygen atoms in total. The van der Waals surface area contributed by atoms with Crippen LogP contribution in [-0.4, -0.2) is 21.3 Å². The molecular weight excluding hydrogens is 255 g/mol. The zero-order valence-corrected chi connectivity index (χ0v) is 10.1. The largest absolute Gasteiger partial charge is 0.483 e. The van der Waals surface area contributed by atoms with Gasteiger partial charge in [-0.25, -0.2) is 9.18 Å². The summed E-state index contributed by atoms with van der Waals surface area (Å²) >= 11 is 0. The lowest BCUT2D eigenvalue weighted by Gasteiger charge is -2.06. The van der Waals surface area contributed by atoms with Crippen molar-refractivity contribution < 1.29 is 23.4 Å². The number of hydrogen-bond acceptors (Lipinski definition) is 5. The zero-order valence-electron chi connectivity index (χ0n) is 10.1. The molecule has 0 atom stereocenters. The predicted molar refractivity (Wildman–Crippen MR) is 61.4 cm³/mol. The Labute approximate surface area is 107 Å². The number of aromatic nitrogens is 2. The smallest absolute Gasteiger partial charge is 0.339 e. The lowest BCUT2D eigenvalue weighted by atomic mass is 10.2. The molecule has 0 saturated carbocycles. The Morgan fingerprint density at radius 2 is 2.16 bits per heavy atom. The molecule has 0 bridgehead atoms. The van der Waals surface area contributed by atoms with E-state index in [-0.39, 0.29) is 23.8 Å². The van der Waals surface area contributed by atoms with Gasteiger partial charge in [-0.1, -0.05) is 6.92 Å². The molecule has 0 aliphatic carbocycles. The van der Waals surface area contributed by atoms with Crippen molar-refractivity contribution in [3.8, 4) is 5.75 Å². The van der Waals surface area contributed by atoms with Crippen LogP contribution in [0.3, 0.4) is 0 Å². The van der Waals surface area contributed by atoms with E-state index in [0.717, 1.165) is 12.1 Å². The SMILES string of the molecule is CCc1nnc(COc2ccc(F)cc2C(=O)O)o1. The fourth-order valence-corrected chi connectivity index (χ4v) is 1.42. The van der Waals surface area contributed by atoms with Gasteiger partial charge in [-0.3, -0.25) is 0 Å². The first-order valence-electron chi connectivity index (χ1n) is 5.57. The molecule has 1 aromatic carbocycles. The number of hydrogen-bond donors (Lipinski definition) is 1. The molecule has 100 valence electrons. The number of carboxylic acids is 1. The van der Waals surface area contributed by atoms with Crippen molar-refractivity contribution >= 4 is 5.97 Å². The molecule has 1 heterocycles. The van der Waals surface area contributed by atoms with Crippen LogP contribution in [0.15, 0.2) is 22.6 Å². The van der Waals surface area contributed by atoms with Gasteiger partial charge in [0.05, 0.1) is 0 Å². The van der Waals surface area contributed by atoms with Crippen LogP contribution >= 0.6 is 0 Å². The van der Waals surface area contributed by atoms with Crippen molar-refractivity contribution in [1.29, 1.82) is 0 Å². The second-order valence-electron chi connectivity index (χ2n) is 3.68. The van der Waals surface area contributed by atoms with Gasteiger partial charge in [-0.2, -0.15) is 0 Å². The molecule has 0 radical (unpaired) electrons. The summed E-state index contributed by atoms with van der Waals surface area (Å²) in [5.74, 6) is -1.16. The number of ether oxygens (including phenoxy) is 1. The molecule has 7 heteroatoms. The van der Waals surface area contributed by atoms with Gasteiger partial charge < -0.3 is 14.3 Å². The third-order valence-electron chi connectivity index (χ3n) is 2.33. The van der Waals surface area contributed by atoms with Gasteiger partial charge in [-0.05, 0) is 18.2 Å². The third kappa shape index (κ3) is 3.06. The van der Waals surface area contributed by atoms with Crippen LogP contribution in [0.25, 0.3) is 0 Å². The summed E-state index contributed by atoms with van der Waals surface area (Å²) in [5, 5.41) is 16.4. The Bertz CT molecular complexity index is 597. The van der Waals surface area contributed by atoms with Crippen LogP contribution in [0.1, 0.15) is 29.1 Å². The molecule has 0 unspecified atom stereocenters. The highest BCUT2D eigenvalue weighted by molar-refractivity contribution is 5.90. The minimum atomic E-state index is -1.27. The van der Waals surface area contributed by atoms with Gasteiger partial charge in [0.2, 0.25) is 5.89 Å². The molecular formula is C12H11FN2O4. The first-order valence-corrected chi connectivity index (χ1v) is 5.57. The molecule has 1 aromatic heterocycles. The second kappa shape index (κ2) is 5.47. The van der Waals surface area contributed by atoms with Gasteiger partial charge in [0, 0.05) is 6.42 Å². The van der Waals surface area contributed by atoms with Gasteiger partial charge in [-0.15, -0.1) is 10.2 Å². The lowest BCUT2D eigenvalue weighted by Crippen LogP contribution is -2.04. The molecule has 2 aromatic rings. The fourth-order valence-electron chi connectivity index (χ4n) is 1.42. The number of halogens is 1. The standard InChI is InChI=1S/C12H11FN2O4/c1-2-10-14-15-11(19-10)6-18-9-4-3-7(13)5-8(9)12(16)17/h3-5H,2,6H2,1H3,(H,16,17). The second-order valence-corrected chi connectivity index (χ2v) is 3.68. The number of aromatic carboxylic acids is 1. The maximum atomic E-state index is 13.0. The summed E-state index contributed by atoms with van der Waals surface area (Å²) < 4.78 is 23.4. The van der Waals surface area contributed by atoms with E-state index in [1.807, 2.05) is 6.92 Å². The molecule has 2 rings (SSSR count). The van der Waals surface area contributed by atoms with E-state index in [2.05, 4.69) is 10.2 Å². The highest BCUT2D eigenvalue weighted by Gasteiger charge is 2.14. The number of carboxylic acid groups (broad SMARTS) is 1. The number of carbonyl (C=O) groups is 1. The minimum Gasteiger partial charge on any atom is -0.483 e. The molecule has 1 N–H and O–H groups in total. The molecule has 0 amide bonds. The van der Waals surface area contributed by atoms with Crippen molar-refractivity contribution in [3.05, 3.63) is 41.4 Å². The van der Waals surface area contributed by atoms with Gasteiger partial charge >= 0.3 is 5.97 Å². The monoisotopic (exact) mass is 266 g/mol. The highest BCUT2D eigenvalue weighted by Crippen LogP contribution is 2.20. The average Bonchev–Trinajstić information content (AvgIpc) is 2.85. The van der Waals surface area contributed by atoms with E-state index in [4.69, 9.17) is 14.3 Å². The van der Waals surface area contributed by atoms with E-state index < -0.39 is 11.8 Å². The normalized spacial score (nSPS) is 10.4. The summed E-state index contributed by atoms with van der Waals surface area (Å²) in [5.41, 5.74) is -0.254. The van der Waals surface area contributed by atoms with Crippen molar-refractivity contribution in [2.24, 2.45) is 0 Å². The average molecular weight is 266 g/mol. The molecule has 0 aliphatic heterocycles. The summed E-state index contributed by atoms with van der Waals surface area (Å²) in [7, 11) is 0. The van der Waals surface area contributed by atoms with E-state index in [0.29, 0.717) is 12.3 Å². The molecule has 0 spiro atoms. The van der Waals surface area contributed by atoms with Crippen LogP contribution < -0.4 is 4.74 Å². The van der Waals surface area contributed by atoms with Crippen molar-refractivity contribution in [1.82, 2.24) is 10.2 Å². The number of rotatable bonds is 5. The minimum absolute atomic E-state index is 0.0464. The van der Waals surface area contributed by atoms with Crippen LogP contribution in [-0.2, 0) is 13.0 Å². The Balaban J connectivity index is 2.12. The maximum absolute atomic E-state index is 13.0. The Morgan fingerprint density at radius 3 is 2.79 bits per heavy atom. The summed E-state index contributed by atoms with van der Waals surface area (Å²) in [4.78, 5) is 10.9. The Kier molecular flexibility index (Phi) is 3.74. The number of aryl methyl sites for hydroxylation is 1. The van der Waals surface area contributed by atoms with Gasteiger partial charge in [0.1, 0.15) is 17.1 Å². The van der Waals surface area contributed by atoms with E-state index in [1.54, 1.807) is 0 Å². The fraction of sp³-hybridized carbons (Fsp3) is 0.250. The predicted octanol–water partition coefficient (Wildman–Crippen LogP) is 2.05. The zero-order chi connectivity index (χ0) is 13.8. The molecule has 0 saturated heterocycles.